The molecule has 1 fully saturated rings. The van der Waals surface area contributed by atoms with Crippen LogP contribution in [0.15, 0.2) is 29.2 Å². The van der Waals surface area contributed by atoms with E-state index in [0.29, 0.717) is 21.3 Å². The summed E-state index contributed by atoms with van der Waals surface area (Å²) in [5.41, 5.74) is 1.51. The molecule has 0 unspecified atom stereocenters. The number of hydrogen-bond acceptors (Lipinski definition) is 4. The molecule has 1 aromatic carbocycles. The molecule has 0 radical (unpaired) electrons. The van der Waals surface area contributed by atoms with E-state index in [0.717, 1.165) is 18.4 Å². The first kappa shape index (κ1) is 15.9. The lowest BCUT2D eigenvalue weighted by atomic mass is 10.1. The lowest BCUT2D eigenvalue weighted by molar-refractivity contribution is -0.857. The second-order valence-corrected chi connectivity index (χ2v) is 6.75. The SMILES string of the molecule is C[NH+](C)CCN1C(=O)/C(=C/c2ccc(C=O)cc2)SC1=S. The summed E-state index contributed by atoms with van der Waals surface area (Å²) in [6.07, 6.45) is 2.61. The van der Waals surface area contributed by atoms with Gasteiger partial charge in [0.2, 0.25) is 0 Å². The molecule has 1 N–H and O–H groups in total. The van der Waals surface area contributed by atoms with Gasteiger partial charge in [0.1, 0.15) is 10.6 Å². The molecule has 21 heavy (non-hydrogen) atoms. The highest BCUT2D eigenvalue weighted by Crippen LogP contribution is 2.32. The van der Waals surface area contributed by atoms with E-state index in [4.69, 9.17) is 12.2 Å². The summed E-state index contributed by atoms with van der Waals surface area (Å²) < 4.78 is 0.608. The molecule has 2 rings (SSSR count). The number of nitrogens with zero attached hydrogens (tertiary/aromatic N) is 1. The van der Waals surface area contributed by atoms with E-state index in [1.807, 2.05) is 32.3 Å². The Morgan fingerprint density at radius 3 is 2.43 bits per heavy atom. The minimum absolute atomic E-state index is 0.0364. The van der Waals surface area contributed by atoms with E-state index >= 15 is 0 Å². The lowest BCUT2D eigenvalue weighted by Crippen LogP contribution is -3.06. The van der Waals surface area contributed by atoms with Crippen LogP contribution in [0.3, 0.4) is 0 Å². The lowest BCUT2D eigenvalue weighted by Gasteiger charge is -2.15. The summed E-state index contributed by atoms with van der Waals surface area (Å²) in [5, 5.41) is 0. The molecular formula is C15H17N2O2S2+. The zero-order valence-corrected chi connectivity index (χ0v) is 13.6. The molecule has 0 aromatic heterocycles. The number of rotatable bonds is 5. The third-order valence-corrected chi connectivity index (χ3v) is 4.46. The molecule has 0 atom stereocenters. The van der Waals surface area contributed by atoms with Crippen LogP contribution >= 0.6 is 24.0 Å². The highest BCUT2D eigenvalue weighted by Gasteiger charge is 2.32. The second-order valence-electron chi connectivity index (χ2n) is 5.07. The Kier molecular flexibility index (Phi) is 5.27. The summed E-state index contributed by atoms with van der Waals surface area (Å²) in [7, 11) is 4.09. The summed E-state index contributed by atoms with van der Waals surface area (Å²) in [6.45, 7) is 1.49. The average molecular weight is 321 g/mol. The molecule has 1 heterocycles. The molecule has 0 bridgehead atoms. The summed E-state index contributed by atoms with van der Waals surface area (Å²) in [4.78, 5) is 26.5. The van der Waals surface area contributed by atoms with Gasteiger partial charge >= 0.3 is 0 Å². The van der Waals surface area contributed by atoms with Crippen LogP contribution in [-0.2, 0) is 4.79 Å². The van der Waals surface area contributed by atoms with E-state index in [9.17, 15) is 9.59 Å². The van der Waals surface area contributed by atoms with Crippen molar-refractivity contribution >= 4 is 46.6 Å². The Hall–Kier alpha value is -1.50. The number of thiocarbonyl (C=S) groups is 1. The fourth-order valence-corrected chi connectivity index (χ4v) is 3.16. The Bertz CT molecular complexity index is 594. The number of carbonyl (C=O) groups is 2. The number of aldehydes is 1. The topological polar surface area (TPSA) is 41.8 Å². The molecule has 1 aliphatic rings. The van der Waals surface area contributed by atoms with Gasteiger partial charge in [-0.15, -0.1) is 0 Å². The molecular weight excluding hydrogens is 304 g/mol. The van der Waals surface area contributed by atoms with Crippen molar-refractivity contribution in [1.82, 2.24) is 4.90 Å². The molecule has 6 heteroatoms. The molecule has 1 aliphatic heterocycles. The van der Waals surface area contributed by atoms with Crippen molar-refractivity contribution in [2.24, 2.45) is 0 Å². The van der Waals surface area contributed by atoms with Gasteiger partial charge in [0, 0.05) is 5.56 Å². The fraction of sp³-hybridized carbons (Fsp3) is 0.267. The predicted molar refractivity (Wildman–Crippen MR) is 89.4 cm³/mol. The van der Waals surface area contributed by atoms with Gasteiger partial charge in [-0.25, -0.2) is 0 Å². The number of nitrogens with one attached hydrogen (secondary N) is 1. The number of likely N-dealkylation sites (N-methyl/N-ethyl adjacent to an activating group) is 1. The van der Waals surface area contributed by atoms with Crippen molar-refractivity contribution in [1.29, 1.82) is 0 Å². The minimum Gasteiger partial charge on any atom is -0.338 e. The number of amides is 1. The Morgan fingerprint density at radius 1 is 1.24 bits per heavy atom. The van der Waals surface area contributed by atoms with Gasteiger partial charge in [-0.05, 0) is 11.6 Å². The smallest absolute Gasteiger partial charge is 0.266 e. The first-order valence-electron chi connectivity index (χ1n) is 6.61. The van der Waals surface area contributed by atoms with Crippen molar-refractivity contribution < 1.29 is 14.5 Å². The summed E-state index contributed by atoms with van der Waals surface area (Å²) in [5.74, 6) is -0.0364. The second kappa shape index (κ2) is 6.98. The van der Waals surface area contributed by atoms with Crippen molar-refractivity contribution in [2.75, 3.05) is 27.2 Å². The van der Waals surface area contributed by atoms with Crippen LogP contribution in [0.2, 0.25) is 0 Å². The van der Waals surface area contributed by atoms with E-state index < -0.39 is 0 Å². The van der Waals surface area contributed by atoms with Crippen LogP contribution < -0.4 is 4.90 Å². The first-order chi connectivity index (χ1) is 10.0. The molecule has 110 valence electrons. The first-order valence-corrected chi connectivity index (χ1v) is 7.83. The van der Waals surface area contributed by atoms with Crippen molar-refractivity contribution in [3.05, 3.63) is 40.3 Å². The van der Waals surface area contributed by atoms with Gasteiger partial charge in [-0.3, -0.25) is 14.5 Å². The van der Waals surface area contributed by atoms with E-state index in [1.165, 1.54) is 16.7 Å². The molecule has 0 saturated carbocycles. The van der Waals surface area contributed by atoms with Crippen molar-refractivity contribution in [3.8, 4) is 0 Å². The van der Waals surface area contributed by atoms with Gasteiger partial charge in [-0.2, -0.15) is 0 Å². The average Bonchev–Trinajstić information content (AvgIpc) is 2.72. The maximum absolute atomic E-state index is 12.3. The number of carbonyl (C=O) groups excluding carboxylic acids is 2. The highest BCUT2D eigenvalue weighted by molar-refractivity contribution is 8.26. The molecule has 1 amide bonds. The normalized spacial score (nSPS) is 17.1. The van der Waals surface area contributed by atoms with Gasteiger partial charge in [0.25, 0.3) is 5.91 Å². The molecule has 1 saturated heterocycles. The quantitative estimate of drug-likeness (QED) is 0.496. The molecule has 1 aromatic rings. The number of quaternary nitrogens is 1. The third kappa shape index (κ3) is 4.00. The number of hydrogen-bond donors (Lipinski definition) is 1. The van der Waals surface area contributed by atoms with Gasteiger partial charge in [0.15, 0.2) is 0 Å². The Labute approximate surface area is 133 Å². The third-order valence-electron chi connectivity index (χ3n) is 3.08. The monoisotopic (exact) mass is 321 g/mol. The number of benzene rings is 1. The van der Waals surface area contributed by atoms with Crippen LogP contribution in [0.5, 0.6) is 0 Å². The maximum atomic E-state index is 12.3. The summed E-state index contributed by atoms with van der Waals surface area (Å²) in [6, 6.07) is 7.10. The molecule has 4 nitrogen and oxygen atoms in total. The van der Waals surface area contributed by atoms with Gasteiger partial charge in [-0.1, -0.05) is 48.2 Å². The van der Waals surface area contributed by atoms with Crippen LogP contribution in [0.25, 0.3) is 6.08 Å². The van der Waals surface area contributed by atoms with Crippen LogP contribution in [0.4, 0.5) is 0 Å². The van der Waals surface area contributed by atoms with Gasteiger partial charge < -0.3 is 4.90 Å². The van der Waals surface area contributed by atoms with Crippen LogP contribution in [-0.4, -0.2) is 48.6 Å². The highest BCUT2D eigenvalue weighted by atomic mass is 32.2. The van der Waals surface area contributed by atoms with Gasteiger partial charge in [0.05, 0.1) is 32.1 Å². The van der Waals surface area contributed by atoms with E-state index in [-0.39, 0.29) is 5.91 Å². The fourth-order valence-electron chi connectivity index (χ4n) is 1.85. The standard InChI is InChI=1S/C15H16N2O2S2/c1-16(2)7-8-17-14(19)13(21-15(17)20)9-11-3-5-12(10-18)6-4-11/h3-6,9-10H,7-8H2,1-2H3/p+1/b13-9-. The Balaban J connectivity index is 2.13. The van der Waals surface area contributed by atoms with Crippen molar-refractivity contribution in [3.63, 3.8) is 0 Å². The zero-order valence-electron chi connectivity index (χ0n) is 12.0. The maximum Gasteiger partial charge on any atom is 0.266 e. The van der Waals surface area contributed by atoms with Crippen LogP contribution in [0, 0.1) is 0 Å². The molecule has 0 aliphatic carbocycles. The van der Waals surface area contributed by atoms with Crippen molar-refractivity contribution in [2.45, 2.75) is 0 Å². The van der Waals surface area contributed by atoms with E-state index in [1.54, 1.807) is 17.0 Å². The van der Waals surface area contributed by atoms with E-state index in [2.05, 4.69) is 0 Å². The predicted octanol–water partition coefficient (Wildman–Crippen LogP) is 0.845. The molecule has 0 spiro atoms. The van der Waals surface area contributed by atoms with Crippen LogP contribution in [0.1, 0.15) is 15.9 Å². The summed E-state index contributed by atoms with van der Waals surface area (Å²) >= 11 is 6.60. The Morgan fingerprint density at radius 2 is 1.86 bits per heavy atom. The number of thioether (sulfide) groups is 1. The largest absolute Gasteiger partial charge is 0.338 e. The minimum atomic E-state index is -0.0364. The zero-order chi connectivity index (χ0) is 15.4.